The molecule has 0 nitrogen and oxygen atoms in total. The Labute approximate surface area is 438 Å². The maximum Gasteiger partial charge on any atom is 0.107 e. The first-order valence-corrected chi connectivity index (χ1v) is 32.2. The summed E-state index contributed by atoms with van der Waals surface area (Å²) in [5, 5.41) is 0. The molecule has 0 aromatic rings. The van der Waals surface area contributed by atoms with E-state index in [-0.39, 0.29) is 4.84 Å². The van der Waals surface area contributed by atoms with Gasteiger partial charge in [-0.05, 0) is 6.42 Å². The number of hydrogen-bond acceptors (Lipinski definition) is 0. The Morgan fingerprint density at radius 1 is 0.152 bits per heavy atom. The van der Waals surface area contributed by atoms with E-state index < -0.39 is 0 Å². The lowest BCUT2D eigenvalue weighted by Crippen LogP contribution is -1.86. The van der Waals surface area contributed by atoms with Crippen LogP contribution in [0.5, 0.6) is 0 Å². The fourth-order valence-electron chi connectivity index (χ4n) is 6.32. The molecule has 66 heavy (non-hydrogen) atoms. The van der Waals surface area contributed by atoms with E-state index in [9.17, 15) is 0 Å². The van der Waals surface area contributed by atoms with Gasteiger partial charge in [0.05, 0.1) is 0 Å². The van der Waals surface area contributed by atoms with Gasteiger partial charge in [-0.1, -0.05) is 407 Å². The van der Waals surface area contributed by atoms with E-state index in [1.807, 2.05) is 0 Å². The van der Waals surface area contributed by atoms with Crippen LogP contribution in [0.4, 0.5) is 0 Å². The molecule has 0 aliphatic heterocycles. The van der Waals surface area contributed by atoms with Gasteiger partial charge in [-0.3, -0.25) is 0 Å². The molecule has 0 heterocycles. The summed E-state index contributed by atoms with van der Waals surface area (Å²) < 4.78 is 0. The van der Waals surface area contributed by atoms with E-state index >= 15 is 0 Å². The molecule has 0 radical (unpaired) electrons. The van der Waals surface area contributed by atoms with Crippen molar-refractivity contribution in [3.63, 3.8) is 0 Å². The zero-order chi connectivity index (χ0) is 52.1. The maximum atomic E-state index is 5.56. The smallest absolute Gasteiger partial charge is 0.105 e. The average Bonchev–Trinajstić information content (AvgIpc) is 3.32. The van der Waals surface area contributed by atoms with Crippen molar-refractivity contribution >= 4 is 23.2 Å². The van der Waals surface area contributed by atoms with E-state index in [4.69, 9.17) is 23.2 Å². The van der Waals surface area contributed by atoms with E-state index in [0.717, 1.165) is 6.42 Å². The summed E-state index contributed by atoms with van der Waals surface area (Å²) in [5.41, 5.74) is 0. The Kier molecular flexibility index (Phi) is 146. The molecular formula is C64H144Cl2. The van der Waals surface area contributed by atoms with Crippen molar-refractivity contribution in [1.82, 2.24) is 0 Å². The Bertz CT molecular complexity index is 409. The highest BCUT2D eigenvalue weighted by molar-refractivity contribution is 6.44. The number of unbranched alkanes of at least 4 members (excludes halogenated alkanes) is 36. The lowest BCUT2D eigenvalue weighted by molar-refractivity contribution is 0.620. The predicted molar refractivity (Wildman–Crippen MR) is 324 cm³/mol. The molecule has 2 heteroatoms. The van der Waals surface area contributed by atoms with Crippen molar-refractivity contribution in [3.05, 3.63) is 0 Å². The quantitative estimate of drug-likeness (QED) is 0.0427. The average molecular weight is 985 g/mol. The van der Waals surface area contributed by atoms with Gasteiger partial charge in [0.2, 0.25) is 0 Å². The van der Waals surface area contributed by atoms with Gasteiger partial charge in [-0.25, -0.2) is 0 Å². The number of alkyl halides is 2. The van der Waals surface area contributed by atoms with E-state index in [1.54, 1.807) is 0 Å². The van der Waals surface area contributed by atoms with Crippen molar-refractivity contribution in [1.29, 1.82) is 0 Å². The van der Waals surface area contributed by atoms with Crippen molar-refractivity contribution in [2.75, 3.05) is 0 Å². The van der Waals surface area contributed by atoms with Crippen LogP contribution in [0.3, 0.4) is 0 Å². The summed E-state index contributed by atoms with van der Waals surface area (Å²) in [6.45, 7) is 38.1. The largest absolute Gasteiger partial charge is 0.107 e. The van der Waals surface area contributed by atoms with Crippen LogP contribution in [-0.4, -0.2) is 4.84 Å². The van der Waals surface area contributed by atoms with Gasteiger partial charge in [-0.2, -0.15) is 0 Å². The zero-order valence-corrected chi connectivity index (χ0v) is 52.4. The Hall–Kier alpha value is 0.580. The molecule has 0 aromatic carbocycles. The molecule has 0 amide bonds. The first-order chi connectivity index (χ1) is 32.1. The molecule has 0 aliphatic rings. The lowest BCUT2D eigenvalue weighted by Gasteiger charge is -1.99. The molecule has 0 saturated heterocycles. The van der Waals surface area contributed by atoms with E-state index in [0.29, 0.717) is 0 Å². The monoisotopic (exact) mass is 983 g/mol. The minimum Gasteiger partial charge on any atom is -0.105 e. The molecule has 0 fully saturated rings. The van der Waals surface area contributed by atoms with Gasteiger partial charge in [-0.15, -0.1) is 23.2 Å². The topological polar surface area (TPSA) is 0 Å². The molecule has 0 aromatic heterocycles. The second kappa shape index (κ2) is 111. The maximum absolute atomic E-state index is 5.56. The van der Waals surface area contributed by atoms with E-state index in [1.165, 1.54) is 289 Å². The third-order valence-corrected chi connectivity index (χ3v) is 11.6. The number of hydrogen-bond donors (Lipinski definition) is 0. The van der Waals surface area contributed by atoms with Gasteiger partial charge in [0.1, 0.15) is 4.84 Å². The van der Waals surface area contributed by atoms with Crippen LogP contribution in [-0.2, 0) is 0 Å². The first-order valence-electron chi connectivity index (χ1n) is 31.4. The highest BCUT2D eigenvalue weighted by Crippen LogP contribution is 2.13. The summed E-state index contributed by atoms with van der Waals surface area (Å²) in [7, 11) is 0. The fraction of sp³-hybridized carbons (Fsp3) is 1.00. The molecule has 0 unspecified atom stereocenters. The molecule has 0 rings (SSSR count). The van der Waals surface area contributed by atoms with E-state index in [2.05, 4.69) is 118 Å². The molecule has 0 aliphatic carbocycles. The molecule has 414 valence electrons. The lowest BCUT2D eigenvalue weighted by atomic mass is 10.1. The minimum atomic E-state index is -0.151. The van der Waals surface area contributed by atoms with Crippen LogP contribution in [0.25, 0.3) is 0 Å². The van der Waals surface area contributed by atoms with Crippen molar-refractivity contribution in [2.45, 2.75) is 418 Å². The Balaban J connectivity index is -0.0000000793. The van der Waals surface area contributed by atoms with Gasteiger partial charge in [0.25, 0.3) is 0 Å². The van der Waals surface area contributed by atoms with Crippen molar-refractivity contribution < 1.29 is 0 Å². The van der Waals surface area contributed by atoms with Crippen molar-refractivity contribution in [2.24, 2.45) is 0 Å². The highest BCUT2D eigenvalue weighted by Gasteiger charge is 1.96. The van der Waals surface area contributed by atoms with Crippen LogP contribution in [0.1, 0.15) is 413 Å². The molecular weight excluding hydrogens is 840 g/mol. The molecule has 0 N–H and O–H groups in total. The van der Waals surface area contributed by atoms with Gasteiger partial charge < -0.3 is 0 Å². The van der Waals surface area contributed by atoms with Crippen LogP contribution >= 0.6 is 23.2 Å². The molecule has 0 atom stereocenters. The Morgan fingerprint density at radius 2 is 0.242 bits per heavy atom. The summed E-state index contributed by atoms with van der Waals surface area (Å²) in [5.74, 6) is 0. The third-order valence-electron chi connectivity index (χ3n) is 11.2. The third kappa shape index (κ3) is 167. The fourth-order valence-corrected chi connectivity index (χ4v) is 6.63. The highest BCUT2D eigenvalue weighted by atomic mass is 35.5. The van der Waals surface area contributed by atoms with Crippen LogP contribution in [0.15, 0.2) is 0 Å². The molecule has 0 spiro atoms. The first kappa shape index (κ1) is 86.4. The second-order valence-corrected chi connectivity index (χ2v) is 20.4. The van der Waals surface area contributed by atoms with Crippen LogP contribution < -0.4 is 0 Å². The summed E-state index contributed by atoms with van der Waals surface area (Å²) in [4.78, 5) is -0.151. The van der Waals surface area contributed by atoms with Gasteiger partial charge in [0.15, 0.2) is 0 Å². The van der Waals surface area contributed by atoms with Crippen LogP contribution in [0.2, 0.25) is 0 Å². The minimum absolute atomic E-state index is 0.151. The van der Waals surface area contributed by atoms with Crippen molar-refractivity contribution in [3.8, 4) is 0 Å². The normalized spacial score (nSPS) is 9.64. The van der Waals surface area contributed by atoms with Gasteiger partial charge in [0, 0.05) is 0 Å². The standard InChI is InChI=1S/C8H16Cl2.8C7H16/c1-2-3-4-5-6-7-8(9)10;8*1-3-5-7-6-4-2/h8H,2-7H2,1H3;8*3-7H2,1-2H3. The van der Waals surface area contributed by atoms with Gasteiger partial charge >= 0.3 is 0 Å². The zero-order valence-electron chi connectivity index (χ0n) is 50.9. The summed E-state index contributed by atoms with van der Waals surface area (Å²) in [6, 6.07) is 0. The van der Waals surface area contributed by atoms with Crippen LogP contribution in [0, 0.1) is 0 Å². The summed E-state index contributed by atoms with van der Waals surface area (Å²) in [6.07, 6.45) is 63.4. The number of rotatable bonds is 38. The second-order valence-electron chi connectivity index (χ2n) is 19.1. The molecule has 0 saturated carbocycles. The molecule has 0 bridgehead atoms. The summed E-state index contributed by atoms with van der Waals surface area (Å²) >= 11 is 11.1. The predicted octanol–water partition coefficient (Wildman–Crippen LogP) is 28.0. The Morgan fingerprint density at radius 3 is 0.333 bits per heavy atom. The SMILES string of the molecule is CCCCCCC.CCCCCCC.CCCCCCC.CCCCCCC.CCCCCCC.CCCCCCC.CCCCCCC.CCCCCCC.CCCCCCCC(Cl)Cl. The number of halogens is 2.